The number of urea groups is 1. The van der Waals surface area contributed by atoms with Gasteiger partial charge in [-0.2, -0.15) is 0 Å². The third kappa shape index (κ3) is 3.79. The quantitative estimate of drug-likeness (QED) is 0.928. The lowest BCUT2D eigenvalue weighted by Crippen LogP contribution is -2.31. The molecule has 0 aliphatic heterocycles. The number of pyridine rings is 1. The number of benzene rings is 1. The Hall–Kier alpha value is -2.70. The lowest BCUT2D eigenvalue weighted by molar-refractivity contribution is 0.220. The van der Waals surface area contributed by atoms with E-state index in [1.54, 1.807) is 20.4 Å². The van der Waals surface area contributed by atoms with Gasteiger partial charge >= 0.3 is 6.03 Å². The summed E-state index contributed by atoms with van der Waals surface area (Å²) in [5, 5.41) is 2.34. The highest BCUT2D eigenvalue weighted by atomic mass is 19.1. The van der Waals surface area contributed by atoms with Crippen molar-refractivity contribution < 1.29 is 18.3 Å². The zero-order valence-corrected chi connectivity index (χ0v) is 14.0. The molecule has 1 N–H and O–H groups in total. The van der Waals surface area contributed by atoms with Crippen molar-refractivity contribution in [3.05, 3.63) is 52.9 Å². The van der Waals surface area contributed by atoms with Gasteiger partial charge in [-0.1, -0.05) is 0 Å². The summed E-state index contributed by atoms with van der Waals surface area (Å²) in [6, 6.07) is 2.31. The number of ether oxygens (including phenoxy) is 1. The second kappa shape index (κ2) is 7.25. The molecule has 1 aromatic carbocycles. The number of methoxy groups -OCH3 is 1. The number of nitrogens with one attached hydrogen (secondary N) is 1. The zero-order valence-electron chi connectivity index (χ0n) is 14.0. The molecule has 0 spiro atoms. The molecule has 24 heavy (non-hydrogen) atoms. The second-order valence-corrected chi connectivity index (χ2v) is 5.46. The van der Waals surface area contributed by atoms with E-state index < -0.39 is 17.7 Å². The number of aromatic nitrogens is 1. The van der Waals surface area contributed by atoms with E-state index in [-0.39, 0.29) is 12.2 Å². The molecule has 0 bridgehead atoms. The average Bonchev–Trinajstić information content (AvgIpc) is 2.54. The molecule has 0 aliphatic carbocycles. The number of nitrogens with zero attached hydrogens (tertiary/aromatic N) is 2. The summed E-state index contributed by atoms with van der Waals surface area (Å²) in [6.45, 7) is 3.93. The van der Waals surface area contributed by atoms with Gasteiger partial charge in [-0.15, -0.1) is 0 Å². The Morgan fingerprint density at radius 3 is 2.71 bits per heavy atom. The maximum Gasteiger partial charge on any atom is 0.322 e. The molecule has 0 saturated carbocycles. The van der Waals surface area contributed by atoms with E-state index in [0.717, 1.165) is 29.3 Å². The van der Waals surface area contributed by atoms with Crippen LogP contribution in [-0.2, 0) is 6.54 Å². The molecule has 7 heteroatoms. The van der Waals surface area contributed by atoms with E-state index in [2.05, 4.69) is 10.3 Å². The number of carbonyl (C=O) groups is 1. The van der Waals surface area contributed by atoms with Crippen LogP contribution in [0.25, 0.3) is 0 Å². The first-order chi connectivity index (χ1) is 11.3. The molecular weight excluding hydrogens is 316 g/mol. The van der Waals surface area contributed by atoms with Gasteiger partial charge in [0, 0.05) is 30.4 Å². The first-order valence-corrected chi connectivity index (χ1v) is 7.29. The molecule has 2 amide bonds. The van der Waals surface area contributed by atoms with Gasteiger partial charge in [0.15, 0.2) is 0 Å². The summed E-state index contributed by atoms with van der Waals surface area (Å²) in [6.07, 6.45) is 1.67. The summed E-state index contributed by atoms with van der Waals surface area (Å²) >= 11 is 0. The number of hydrogen-bond donors (Lipinski definition) is 1. The average molecular weight is 335 g/mol. The minimum absolute atomic E-state index is 0.200. The third-order valence-corrected chi connectivity index (χ3v) is 3.65. The Morgan fingerprint density at radius 1 is 1.33 bits per heavy atom. The third-order valence-electron chi connectivity index (χ3n) is 3.65. The number of aryl methyl sites for hydroxylation is 1. The van der Waals surface area contributed by atoms with Gasteiger partial charge in [-0.3, -0.25) is 4.98 Å². The van der Waals surface area contributed by atoms with Gasteiger partial charge < -0.3 is 15.0 Å². The number of halogens is 2. The predicted octanol–water partition coefficient (Wildman–Crippen LogP) is 3.65. The highest BCUT2D eigenvalue weighted by molar-refractivity contribution is 5.89. The van der Waals surface area contributed by atoms with Crippen LogP contribution in [0.2, 0.25) is 0 Å². The predicted molar refractivity (Wildman–Crippen MR) is 87.1 cm³/mol. The van der Waals surface area contributed by atoms with Crippen LogP contribution in [-0.4, -0.2) is 30.1 Å². The Kier molecular flexibility index (Phi) is 5.33. The number of amides is 2. The highest BCUT2D eigenvalue weighted by Gasteiger charge is 2.16. The van der Waals surface area contributed by atoms with Gasteiger partial charge in [-0.05, 0) is 26.0 Å². The smallest absolute Gasteiger partial charge is 0.322 e. The molecule has 2 rings (SSSR count). The molecule has 0 unspecified atom stereocenters. The van der Waals surface area contributed by atoms with E-state index in [0.29, 0.717) is 11.4 Å². The van der Waals surface area contributed by atoms with E-state index >= 15 is 0 Å². The molecule has 128 valence electrons. The fraction of sp³-hybridized carbons (Fsp3) is 0.294. The number of carbonyl (C=O) groups excluding carboxylic acids is 1. The van der Waals surface area contributed by atoms with Crippen LogP contribution in [0.4, 0.5) is 19.3 Å². The summed E-state index contributed by atoms with van der Waals surface area (Å²) in [5.41, 5.74) is 2.18. The molecule has 5 nitrogen and oxygen atoms in total. The van der Waals surface area contributed by atoms with E-state index in [4.69, 9.17) is 4.74 Å². The lowest BCUT2D eigenvalue weighted by Gasteiger charge is -2.20. The topological polar surface area (TPSA) is 54.5 Å². The van der Waals surface area contributed by atoms with Crippen LogP contribution in [0.5, 0.6) is 5.75 Å². The monoisotopic (exact) mass is 335 g/mol. The number of rotatable bonds is 4. The Bertz CT molecular complexity index is 766. The standard InChI is InChI=1S/C17H19F2N3O2/c1-10-8-20-15(11(2)16(10)24-4)9-22(3)17(23)21-14-7-12(18)5-6-13(14)19/h5-8H,9H2,1-4H3,(H,21,23). The fourth-order valence-electron chi connectivity index (χ4n) is 2.33. The van der Waals surface area contributed by atoms with Crippen LogP contribution >= 0.6 is 0 Å². The molecule has 0 atom stereocenters. The second-order valence-electron chi connectivity index (χ2n) is 5.46. The molecule has 1 aromatic heterocycles. The summed E-state index contributed by atoms with van der Waals surface area (Å²) in [5.74, 6) is -0.621. The minimum atomic E-state index is -0.704. The molecule has 0 saturated heterocycles. The van der Waals surface area contributed by atoms with Crippen LogP contribution in [0, 0.1) is 25.5 Å². The van der Waals surface area contributed by atoms with Gasteiger partial charge in [0.25, 0.3) is 0 Å². The molecule has 2 aromatic rings. The van der Waals surface area contributed by atoms with Crippen molar-refractivity contribution in [2.75, 3.05) is 19.5 Å². The molecule has 0 fully saturated rings. The van der Waals surface area contributed by atoms with Crippen LogP contribution < -0.4 is 10.1 Å². The van der Waals surface area contributed by atoms with Crippen molar-refractivity contribution >= 4 is 11.7 Å². The van der Waals surface area contributed by atoms with Crippen LogP contribution in [0.3, 0.4) is 0 Å². The molecule has 0 radical (unpaired) electrons. The van der Waals surface area contributed by atoms with E-state index in [9.17, 15) is 13.6 Å². The van der Waals surface area contributed by atoms with Crippen molar-refractivity contribution in [2.24, 2.45) is 0 Å². The van der Waals surface area contributed by atoms with Crippen molar-refractivity contribution in [1.82, 2.24) is 9.88 Å². The van der Waals surface area contributed by atoms with Crippen LogP contribution in [0.15, 0.2) is 24.4 Å². The first kappa shape index (κ1) is 17.7. The number of hydrogen-bond acceptors (Lipinski definition) is 3. The van der Waals surface area contributed by atoms with Crippen molar-refractivity contribution in [2.45, 2.75) is 20.4 Å². The van der Waals surface area contributed by atoms with Crippen molar-refractivity contribution in [3.8, 4) is 5.75 Å². The van der Waals surface area contributed by atoms with Gasteiger partial charge in [0.05, 0.1) is 25.0 Å². The SMILES string of the molecule is COc1c(C)cnc(CN(C)C(=O)Nc2cc(F)ccc2F)c1C. The summed E-state index contributed by atoms with van der Waals surface area (Å²) < 4.78 is 32.1. The minimum Gasteiger partial charge on any atom is -0.496 e. The fourth-order valence-corrected chi connectivity index (χ4v) is 2.33. The summed E-state index contributed by atoms with van der Waals surface area (Å²) in [7, 11) is 3.11. The largest absolute Gasteiger partial charge is 0.496 e. The Morgan fingerprint density at radius 2 is 2.04 bits per heavy atom. The van der Waals surface area contributed by atoms with Crippen LogP contribution in [0.1, 0.15) is 16.8 Å². The Balaban J connectivity index is 2.13. The molecule has 0 aliphatic rings. The van der Waals surface area contributed by atoms with E-state index in [1.165, 1.54) is 4.90 Å². The van der Waals surface area contributed by atoms with Crippen molar-refractivity contribution in [1.29, 1.82) is 0 Å². The Labute approximate surface area is 139 Å². The summed E-state index contributed by atoms with van der Waals surface area (Å²) in [4.78, 5) is 17.8. The zero-order chi connectivity index (χ0) is 17.9. The maximum absolute atomic E-state index is 13.6. The lowest BCUT2D eigenvalue weighted by atomic mass is 10.1. The first-order valence-electron chi connectivity index (χ1n) is 7.29. The van der Waals surface area contributed by atoms with Crippen molar-refractivity contribution in [3.63, 3.8) is 0 Å². The maximum atomic E-state index is 13.6. The highest BCUT2D eigenvalue weighted by Crippen LogP contribution is 2.24. The molecular formula is C17H19F2N3O2. The molecule has 1 heterocycles. The van der Waals surface area contributed by atoms with Gasteiger partial charge in [0.2, 0.25) is 0 Å². The van der Waals surface area contributed by atoms with Gasteiger partial charge in [-0.25, -0.2) is 13.6 Å². The van der Waals surface area contributed by atoms with Gasteiger partial charge in [0.1, 0.15) is 17.4 Å². The number of anilines is 1. The normalized spacial score (nSPS) is 10.4. The van der Waals surface area contributed by atoms with E-state index in [1.807, 2.05) is 13.8 Å².